The van der Waals surface area contributed by atoms with Gasteiger partial charge in [-0.3, -0.25) is 9.59 Å². The normalized spacial score (nSPS) is 27.4. The Balaban J connectivity index is 2.30. The van der Waals surface area contributed by atoms with Crippen molar-refractivity contribution < 1.29 is 22.8 Å². The van der Waals surface area contributed by atoms with Gasteiger partial charge >= 0.3 is 6.18 Å². The summed E-state index contributed by atoms with van der Waals surface area (Å²) in [4.78, 5) is 25.2. The van der Waals surface area contributed by atoms with E-state index in [9.17, 15) is 22.8 Å². The lowest BCUT2D eigenvalue weighted by atomic mass is 9.80. The molecule has 1 aliphatic carbocycles. The lowest BCUT2D eigenvalue weighted by Crippen LogP contribution is -2.59. The summed E-state index contributed by atoms with van der Waals surface area (Å²) in [6.07, 6.45) is -1.23. The van der Waals surface area contributed by atoms with Crippen LogP contribution in [0.3, 0.4) is 0 Å². The quantitative estimate of drug-likeness (QED) is 0.803. The van der Waals surface area contributed by atoms with Gasteiger partial charge in [0, 0.05) is 12.5 Å². The van der Waals surface area contributed by atoms with Gasteiger partial charge in [-0.1, -0.05) is 19.3 Å². The zero-order valence-electron chi connectivity index (χ0n) is 11.4. The number of hydrogen-bond acceptors (Lipinski definition) is 2. The average Bonchev–Trinajstić information content (AvgIpc) is 2.40. The number of nitrogens with zero attached hydrogens (tertiary/aromatic N) is 1. The molecule has 1 N–H and O–H groups in total. The summed E-state index contributed by atoms with van der Waals surface area (Å²) in [5, 5.41) is 2.69. The molecule has 1 saturated carbocycles. The van der Waals surface area contributed by atoms with Gasteiger partial charge in [0.05, 0.1) is 0 Å². The molecule has 2 amide bonds. The summed E-state index contributed by atoms with van der Waals surface area (Å²) in [7, 11) is 0. The number of carbonyl (C=O) groups is 2. The number of amides is 2. The fourth-order valence-electron chi connectivity index (χ4n) is 3.14. The first-order chi connectivity index (χ1) is 9.23. The predicted octanol–water partition coefficient (Wildman–Crippen LogP) is 1.99. The SMILES string of the molecule is CC1CC(=O)NC2(CCCCC2)C(=O)N1CC(F)(F)F. The highest BCUT2D eigenvalue weighted by atomic mass is 19.4. The van der Waals surface area contributed by atoms with Crippen molar-refractivity contribution in [3.05, 3.63) is 0 Å². The molecule has 0 aromatic heterocycles. The van der Waals surface area contributed by atoms with E-state index in [-0.39, 0.29) is 12.3 Å². The minimum Gasteiger partial charge on any atom is -0.342 e. The number of hydrogen-bond donors (Lipinski definition) is 1. The van der Waals surface area contributed by atoms with Crippen LogP contribution in [0.25, 0.3) is 0 Å². The molecule has 114 valence electrons. The van der Waals surface area contributed by atoms with Gasteiger partial charge in [0.2, 0.25) is 11.8 Å². The van der Waals surface area contributed by atoms with Crippen molar-refractivity contribution in [2.45, 2.75) is 63.2 Å². The lowest BCUT2D eigenvalue weighted by Gasteiger charge is -2.39. The Bertz CT molecular complexity index is 403. The van der Waals surface area contributed by atoms with Crippen LogP contribution in [0.15, 0.2) is 0 Å². The molecular formula is C13H19F3N2O2. The standard InChI is InChI=1S/C13H19F3N2O2/c1-9-7-10(19)17-12(5-3-2-4-6-12)11(20)18(9)8-13(14,15)16/h9H,2-8H2,1H3,(H,17,19). The second-order valence-electron chi connectivity index (χ2n) is 5.79. The summed E-state index contributed by atoms with van der Waals surface area (Å²) in [5.74, 6) is -0.912. The third-order valence-corrected chi connectivity index (χ3v) is 4.12. The van der Waals surface area contributed by atoms with Crippen LogP contribution < -0.4 is 5.32 Å². The van der Waals surface area contributed by atoms with Crippen molar-refractivity contribution in [1.82, 2.24) is 10.2 Å². The molecule has 2 fully saturated rings. The first-order valence-electron chi connectivity index (χ1n) is 6.92. The highest BCUT2D eigenvalue weighted by Gasteiger charge is 2.49. The van der Waals surface area contributed by atoms with Crippen molar-refractivity contribution in [2.75, 3.05) is 6.54 Å². The fraction of sp³-hybridized carbons (Fsp3) is 0.846. The first kappa shape index (κ1) is 15.1. The van der Waals surface area contributed by atoms with E-state index in [1.165, 1.54) is 6.92 Å². The second kappa shape index (κ2) is 5.26. The molecule has 0 radical (unpaired) electrons. The van der Waals surface area contributed by atoms with Crippen LogP contribution in [0.4, 0.5) is 13.2 Å². The largest absolute Gasteiger partial charge is 0.406 e. The second-order valence-corrected chi connectivity index (χ2v) is 5.79. The van der Waals surface area contributed by atoms with E-state index in [1.807, 2.05) is 0 Å². The zero-order valence-corrected chi connectivity index (χ0v) is 11.4. The summed E-state index contributed by atoms with van der Waals surface area (Å²) in [6.45, 7) is 0.203. The Morgan fingerprint density at radius 2 is 1.85 bits per heavy atom. The third kappa shape index (κ3) is 3.07. The Morgan fingerprint density at radius 3 is 2.40 bits per heavy atom. The Morgan fingerprint density at radius 1 is 1.25 bits per heavy atom. The maximum atomic E-state index is 12.7. The summed E-state index contributed by atoms with van der Waals surface area (Å²) in [6, 6.07) is -0.731. The van der Waals surface area contributed by atoms with Crippen LogP contribution in [0.5, 0.6) is 0 Å². The van der Waals surface area contributed by atoms with Crippen molar-refractivity contribution in [2.24, 2.45) is 0 Å². The van der Waals surface area contributed by atoms with Gasteiger partial charge < -0.3 is 10.2 Å². The average molecular weight is 292 g/mol. The summed E-state index contributed by atoms with van der Waals surface area (Å²) >= 11 is 0. The summed E-state index contributed by atoms with van der Waals surface area (Å²) in [5.41, 5.74) is -1.12. The monoisotopic (exact) mass is 292 g/mol. The molecule has 1 atom stereocenters. The van der Waals surface area contributed by atoms with Gasteiger partial charge in [0.1, 0.15) is 12.1 Å². The molecule has 7 heteroatoms. The maximum absolute atomic E-state index is 12.7. The molecule has 1 saturated heterocycles. The molecule has 1 unspecified atom stereocenters. The van der Waals surface area contributed by atoms with Gasteiger partial charge in [-0.25, -0.2) is 0 Å². The van der Waals surface area contributed by atoms with Gasteiger partial charge in [-0.05, 0) is 19.8 Å². The minimum absolute atomic E-state index is 0.0798. The molecule has 1 spiro atoms. The Hall–Kier alpha value is -1.27. The third-order valence-electron chi connectivity index (χ3n) is 4.12. The van der Waals surface area contributed by atoms with Gasteiger partial charge in [-0.2, -0.15) is 13.2 Å². The van der Waals surface area contributed by atoms with Crippen molar-refractivity contribution >= 4 is 11.8 Å². The van der Waals surface area contributed by atoms with E-state index in [0.717, 1.165) is 24.2 Å². The van der Waals surface area contributed by atoms with Crippen LogP contribution in [-0.2, 0) is 9.59 Å². The smallest absolute Gasteiger partial charge is 0.342 e. The molecule has 1 aliphatic heterocycles. The minimum atomic E-state index is -4.45. The molecule has 1 heterocycles. The van der Waals surface area contributed by atoms with E-state index in [0.29, 0.717) is 12.8 Å². The topological polar surface area (TPSA) is 49.4 Å². The summed E-state index contributed by atoms with van der Waals surface area (Å²) < 4.78 is 38.0. The van der Waals surface area contributed by atoms with Gasteiger partial charge in [-0.15, -0.1) is 0 Å². The van der Waals surface area contributed by atoms with Crippen LogP contribution in [0.2, 0.25) is 0 Å². The van der Waals surface area contributed by atoms with Crippen molar-refractivity contribution in [1.29, 1.82) is 0 Å². The fourth-order valence-corrected chi connectivity index (χ4v) is 3.14. The molecule has 2 rings (SSSR count). The first-order valence-corrected chi connectivity index (χ1v) is 6.92. The number of nitrogens with one attached hydrogen (secondary N) is 1. The molecule has 0 aromatic rings. The van der Waals surface area contributed by atoms with E-state index < -0.39 is 30.2 Å². The number of alkyl halides is 3. The number of rotatable bonds is 1. The maximum Gasteiger partial charge on any atom is 0.406 e. The van der Waals surface area contributed by atoms with Crippen LogP contribution in [-0.4, -0.2) is 41.0 Å². The van der Waals surface area contributed by atoms with Crippen LogP contribution in [0, 0.1) is 0 Å². The molecule has 0 aromatic carbocycles. The van der Waals surface area contributed by atoms with Crippen molar-refractivity contribution in [3.63, 3.8) is 0 Å². The van der Waals surface area contributed by atoms with E-state index in [2.05, 4.69) is 5.32 Å². The van der Waals surface area contributed by atoms with E-state index in [1.54, 1.807) is 0 Å². The zero-order chi connectivity index (χ0) is 15.0. The molecule has 0 bridgehead atoms. The van der Waals surface area contributed by atoms with Crippen molar-refractivity contribution in [3.8, 4) is 0 Å². The molecule has 2 aliphatic rings. The van der Waals surface area contributed by atoms with Gasteiger partial charge in [0.25, 0.3) is 0 Å². The number of carbonyl (C=O) groups excluding carboxylic acids is 2. The Kier molecular flexibility index (Phi) is 3.97. The Labute approximate surface area is 115 Å². The van der Waals surface area contributed by atoms with Crippen LogP contribution >= 0.6 is 0 Å². The molecular weight excluding hydrogens is 273 g/mol. The predicted molar refractivity (Wildman–Crippen MR) is 65.8 cm³/mol. The van der Waals surface area contributed by atoms with Crippen LogP contribution in [0.1, 0.15) is 45.4 Å². The molecule has 20 heavy (non-hydrogen) atoms. The highest BCUT2D eigenvalue weighted by Crippen LogP contribution is 2.34. The molecule has 4 nitrogen and oxygen atoms in total. The highest BCUT2D eigenvalue weighted by molar-refractivity contribution is 5.94. The van der Waals surface area contributed by atoms with E-state index in [4.69, 9.17) is 0 Å². The number of halogens is 3. The van der Waals surface area contributed by atoms with E-state index >= 15 is 0 Å². The lowest BCUT2D eigenvalue weighted by molar-refractivity contribution is -0.168. The van der Waals surface area contributed by atoms with Gasteiger partial charge in [0.15, 0.2) is 0 Å².